The number of anilines is 1. The molecule has 0 N–H and O–H groups in total. The molecule has 1 aliphatic rings. The maximum atomic E-state index is 11.8. The lowest BCUT2D eigenvalue weighted by Crippen LogP contribution is -2.55. The predicted molar refractivity (Wildman–Crippen MR) is 80.3 cm³/mol. The number of amides is 1. The Morgan fingerprint density at radius 2 is 2.00 bits per heavy atom. The molecule has 108 valence electrons. The minimum absolute atomic E-state index is 0.0242. The standard InChI is InChI=1S/C15H19ClN2O2/c1-10-8-13(4-5-14(10)16)17-6-7-18(11(2)9-17)15(20)12(3)19/h4-5,8,11H,6-7,9H2,1-3H3/t11-/m1/s1. The van der Waals surface area contributed by atoms with Gasteiger partial charge in [0, 0.05) is 43.3 Å². The highest BCUT2D eigenvalue weighted by Gasteiger charge is 2.29. The number of aryl methyl sites for hydroxylation is 1. The molecule has 1 aliphatic heterocycles. The summed E-state index contributed by atoms with van der Waals surface area (Å²) in [5.41, 5.74) is 2.15. The Morgan fingerprint density at radius 3 is 2.55 bits per heavy atom. The molecule has 1 atom stereocenters. The van der Waals surface area contributed by atoms with Crippen molar-refractivity contribution in [1.82, 2.24) is 4.90 Å². The van der Waals surface area contributed by atoms with Crippen LogP contribution in [0.1, 0.15) is 19.4 Å². The molecule has 20 heavy (non-hydrogen) atoms. The predicted octanol–water partition coefficient (Wildman–Crippen LogP) is 2.27. The number of benzene rings is 1. The number of Topliss-reactive ketones (excluding diaryl/α,β-unsaturated/α-hetero) is 1. The molecule has 0 unspecified atom stereocenters. The lowest BCUT2D eigenvalue weighted by molar-refractivity contribution is -0.145. The molecular weight excluding hydrogens is 276 g/mol. The van der Waals surface area contributed by atoms with Gasteiger partial charge >= 0.3 is 0 Å². The van der Waals surface area contributed by atoms with E-state index in [1.165, 1.54) is 6.92 Å². The first-order valence-corrected chi connectivity index (χ1v) is 7.10. The van der Waals surface area contributed by atoms with E-state index in [-0.39, 0.29) is 11.9 Å². The molecule has 1 aromatic carbocycles. The number of ketones is 1. The molecule has 5 heteroatoms. The van der Waals surface area contributed by atoms with Gasteiger partial charge < -0.3 is 9.80 Å². The van der Waals surface area contributed by atoms with Crippen molar-refractivity contribution in [1.29, 1.82) is 0 Å². The van der Waals surface area contributed by atoms with Crippen molar-refractivity contribution in [3.8, 4) is 0 Å². The third-order valence-electron chi connectivity index (χ3n) is 3.70. The zero-order valence-corrected chi connectivity index (χ0v) is 12.8. The fraction of sp³-hybridized carbons (Fsp3) is 0.467. The normalized spacial score (nSPS) is 19.1. The van der Waals surface area contributed by atoms with E-state index < -0.39 is 5.78 Å². The molecule has 1 aromatic rings. The minimum Gasteiger partial charge on any atom is -0.368 e. The maximum absolute atomic E-state index is 11.8. The van der Waals surface area contributed by atoms with Crippen LogP contribution in [0.15, 0.2) is 18.2 Å². The molecule has 1 heterocycles. The van der Waals surface area contributed by atoms with Crippen molar-refractivity contribution in [3.05, 3.63) is 28.8 Å². The Labute approximate surface area is 124 Å². The molecule has 1 fully saturated rings. The van der Waals surface area contributed by atoms with Crippen LogP contribution in [0.5, 0.6) is 0 Å². The van der Waals surface area contributed by atoms with Crippen molar-refractivity contribution < 1.29 is 9.59 Å². The number of rotatable bonds is 2. The summed E-state index contributed by atoms with van der Waals surface area (Å²) in [6, 6.07) is 5.96. The van der Waals surface area contributed by atoms with Crippen LogP contribution in [-0.2, 0) is 9.59 Å². The minimum atomic E-state index is -0.396. The second-order valence-corrected chi connectivity index (χ2v) is 5.69. The van der Waals surface area contributed by atoms with Crippen molar-refractivity contribution in [3.63, 3.8) is 0 Å². The number of halogens is 1. The van der Waals surface area contributed by atoms with Crippen molar-refractivity contribution >= 4 is 29.0 Å². The van der Waals surface area contributed by atoms with E-state index in [1.54, 1.807) is 4.90 Å². The fourth-order valence-corrected chi connectivity index (χ4v) is 2.64. The average Bonchev–Trinajstić information content (AvgIpc) is 2.41. The van der Waals surface area contributed by atoms with E-state index in [2.05, 4.69) is 11.0 Å². The second kappa shape index (κ2) is 5.83. The first kappa shape index (κ1) is 14.9. The van der Waals surface area contributed by atoms with Gasteiger partial charge in [-0.2, -0.15) is 0 Å². The number of nitrogens with zero attached hydrogens (tertiary/aromatic N) is 2. The third-order valence-corrected chi connectivity index (χ3v) is 4.12. The average molecular weight is 295 g/mol. The Morgan fingerprint density at radius 1 is 1.30 bits per heavy atom. The van der Waals surface area contributed by atoms with Crippen LogP contribution in [0.25, 0.3) is 0 Å². The summed E-state index contributed by atoms with van der Waals surface area (Å²) in [6.07, 6.45) is 0. The van der Waals surface area contributed by atoms with Gasteiger partial charge in [0.15, 0.2) is 0 Å². The number of carbonyl (C=O) groups excluding carboxylic acids is 2. The molecule has 2 rings (SSSR count). The Balaban J connectivity index is 2.10. The molecular formula is C15H19ClN2O2. The summed E-state index contributed by atoms with van der Waals surface area (Å²) >= 11 is 6.04. The van der Waals surface area contributed by atoms with E-state index >= 15 is 0 Å². The highest BCUT2D eigenvalue weighted by molar-refractivity contribution is 6.35. The van der Waals surface area contributed by atoms with E-state index in [4.69, 9.17) is 11.6 Å². The summed E-state index contributed by atoms with van der Waals surface area (Å²) < 4.78 is 0. The molecule has 0 aliphatic carbocycles. The van der Waals surface area contributed by atoms with Crippen molar-refractivity contribution in [2.24, 2.45) is 0 Å². The lowest BCUT2D eigenvalue weighted by atomic mass is 10.1. The summed E-state index contributed by atoms with van der Waals surface area (Å²) in [5, 5.41) is 0.757. The third kappa shape index (κ3) is 2.96. The van der Waals surface area contributed by atoms with Crippen LogP contribution in [0.4, 0.5) is 5.69 Å². The quantitative estimate of drug-likeness (QED) is 0.786. The van der Waals surface area contributed by atoms with Gasteiger partial charge in [0.1, 0.15) is 0 Å². The molecule has 1 amide bonds. The van der Waals surface area contributed by atoms with Crippen LogP contribution in [0, 0.1) is 6.92 Å². The fourth-order valence-electron chi connectivity index (χ4n) is 2.52. The second-order valence-electron chi connectivity index (χ2n) is 5.28. The number of piperazine rings is 1. The Bertz CT molecular complexity index is 545. The number of hydrogen-bond acceptors (Lipinski definition) is 3. The van der Waals surface area contributed by atoms with Crippen LogP contribution in [0.2, 0.25) is 5.02 Å². The van der Waals surface area contributed by atoms with Crippen LogP contribution in [-0.4, -0.2) is 42.3 Å². The zero-order chi connectivity index (χ0) is 14.9. The van der Waals surface area contributed by atoms with Gasteiger partial charge in [-0.15, -0.1) is 0 Å². The van der Waals surface area contributed by atoms with Crippen LogP contribution in [0.3, 0.4) is 0 Å². The van der Waals surface area contributed by atoms with Crippen LogP contribution >= 0.6 is 11.6 Å². The van der Waals surface area contributed by atoms with Gasteiger partial charge in [0.05, 0.1) is 0 Å². The molecule has 0 spiro atoms. The summed E-state index contributed by atoms with van der Waals surface area (Å²) in [6.45, 7) is 7.29. The largest absolute Gasteiger partial charge is 0.368 e. The highest BCUT2D eigenvalue weighted by Crippen LogP contribution is 2.24. The van der Waals surface area contributed by atoms with E-state index in [0.717, 1.165) is 29.4 Å². The molecule has 0 saturated carbocycles. The van der Waals surface area contributed by atoms with E-state index in [9.17, 15) is 9.59 Å². The van der Waals surface area contributed by atoms with E-state index in [1.807, 2.05) is 26.0 Å². The Hall–Kier alpha value is -1.55. The number of carbonyl (C=O) groups is 2. The summed E-state index contributed by atoms with van der Waals surface area (Å²) in [4.78, 5) is 26.9. The van der Waals surface area contributed by atoms with Gasteiger partial charge in [-0.05, 0) is 37.6 Å². The molecule has 0 bridgehead atoms. The van der Waals surface area contributed by atoms with Crippen LogP contribution < -0.4 is 4.90 Å². The zero-order valence-electron chi connectivity index (χ0n) is 12.0. The highest BCUT2D eigenvalue weighted by atomic mass is 35.5. The lowest BCUT2D eigenvalue weighted by Gasteiger charge is -2.40. The van der Waals surface area contributed by atoms with Crippen molar-refractivity contribution in [2.45, 2.75) is 26.8 Å². The van der Waals surface area contributed by atoms with Gasteiger partial charge in [-0.25, -0.2) is 0 Å². The van der Waals surface area contributed by atoms with Gasteiger partial charge in [0.2, 0.25) is 5.78 Å². The molecule has 0 aromatic heterocycles. The maximum Gasteiger partial charge on any atom is 0.289 e. The monoisotopic (exact) mass is 294 g/mol. The molecule has 4 nitrogen and oxygen atoms in total. The van der Waals surface area contributed by atoms with Gasteiger partial charge in [-0.3, -0.25) is 9.59 Å². The summed E-state index contributed by atoms with van der Waals surface area (Å²) in [7, 11) is 0. The molecule has 0 radical (unpaired) electrons. The molecule has 1 saturated heterocycles. The number of hydrogen-bond donors (Lipinski definition) is 0. The SMILES string of the molecule is CC(=O)C(=O)N1CCN(c2ccc(Cl)c(C)c2)C[C@H]1C. The van der Waals surface area contributed by atoms with Gasteiger partial charge in [0.25, 0.3) is 5.91 Å². The van der Waals surface area contributed by atoms with E-state index in [0.29, 0.717) is 6.54 Å². The first-order chi connectivity index (χ1) is 9.40. The first-order valence-electron chi connectivity index (χ1n) is 6.72. The smallest absolute Gasteiger partial charge is 0.289 e. The Kier molecular flexibility index (Phi) is 4.33. The topological polar surface area (TPSA) is 40.6 Å². The van der Waals surface area contributed by atoms with Crippen molar-refractivity contribution in [2.75, 3.05) is 24.5 Å². The summed E-state index contributed by atoms with van der Waals surface area (Å²) in [5.74, 6) is -0.780. The van der Waals surface area contributed by atoms with Gasteiger partial charge in [-0.1, -0.05) is 11.6 Å².